The number of likely N-dealkylation sites (tertiary alicyclic amines) is 1. The molecule has 0 amide bonds. The van der Waals surface area contributed by atoms with Gasteiger partial charge in [0.15, 0.2) is 0 Å². The summed E-state index contributed by atoms with van der Waals surface area (Å²) in [5.74, 6) is 0.736. The second-order valence-corrected chi connectivity index (χ2v) is 4.92. The molecule has 1 unspecified atom stereocenters. The predicted molar refractivity (Wildman–Crippen MR) is 54.5 cm³/mol. The third-order valence-electron chi connectivity index (χ3n) is 2.94. The zero-order chi connectivity index (χ0) is 10.1. The molecule has 1 aliphatic rings. The highest BCUT2D eigenvalue weighted by atomic mass is 16.3. The zero-order valence-electron chi connectivity index (χ0n) is 8.95. The van der Waals surface area contributed by atoms with Crippen molar-refractivity contribution in [3.05, 3.63) is 0 Å². The first kappa shape index (κ1) is 11.0. The quantitative estimate of drug-likeness (QED) is 0.672. The maximum atomic E-state index is 9.47. The average molecular weight is 186 g/mol. The Morgan fingerprint density at radius 2 is 2.23 bits per heavy atom. The summed E-state index contributed by atoms with van der Waals surface area (Å²) in [6.45, 7) is 8.90. The lowest BCUT2D eigenvalue weighted by atomic mass is 9.97. The van der Waals surface area contributed by atoms with Crippen LogP contribution < -0.4 is 5.73 Å². The van der Waals surface area contributed by atoms with Gasteiger partial charge in [0.1, 0.15) is 0 Å². The van der Waals surface area contributed by atoms with Crippen LogP contribution in [0.5, 0.6) is 0 Å². The van der Waals surface area contributed by atoms with Crippen LogP contribution in [0.25, 0.3) is 0 Å². The molecule has 3 heteroatoms. The van der Waals surface area contributed by atoms with Crippen molar-refractivity contribution >= 4 is 0 Å². The van der Waals surface area contributed by atoms with Gasteiger partial charge in [-0.3, -0.25) is 4.90 Å². The van der Waals surface area contributed by atoms with Crippen molar-refractivity contribution in [3.63, 3.8) is 0 Å². The molecule has 3 N–H and O–H groups in total. The molecule has 78 valence electrons. The number of hydrogen-bond acceptors (Lipinski definition) is 3. The van der Waals surface area contributed by atoms with Gasteiger partial charge in [-0.15, -0.1) is 0 Å². The van der Waals surface area contributed by atoms with E-state index in [9.17, 15) is 5.11 Å². The van der Waals surface area contributed by atoms with Gasteiger partial charge in [-0.25, -0.2) is 0 Å². The number of aliphatic hydroxyl groups excluding tert-OH is 1. The molecule has 0 radical (unpaired) electrons. The summed E-state index contributed by atoms with van der Waals surface area (Å²) < 4.78 is 0. The second-order valence-electron chi connectivity index (χ2n) is 4.92. The monoisotopic (exact) mass is 186 g/mol. The molecular weight excluding hydrogens is 164 g/mol. The highest BCUT2D eigenvalue weighted by Gasteiger charge is 2.36. The summed E-state index contributed by atoms with van der Waals surface area (Å²) >= 11 is 0. The van der Waals surface area contributed by atoms with Crippen molar-refractivity contribution in [1.82, 2.24) is 4.90 Å². The van der Waals surface area contributed by atoms with Gasteiger partial charge in [0.2, 0.25) is 0 Å². The lowest BCUT2D eigenvalue weighted by Crippen LogP contribution is -2.44. The average Bonchev–Trinajstić information content (AvgIpc) is 2.24. The van der Waals surface area contributed by atoms with Gasteiger partial charge in [-0.2, -0.15) is 0 Å². The summed E-state index contributed by atoms with van der Waals surface area (Å²) in [5.41, 5.74) is 5.63. The van der Waals surface area contributed by atoms with Crippen molar-refractivity contribution in [3.8, 4) is 0 Å². The first-order valence-corrected chi connectivity index (χ1v) is 5.09. The summed E-state index contributed by atoms with van der Waals surface area (Å²) in [6, 6.07) is 0. The van der Waals surface area contributed by atoms with E-state index in [1.54, 1.807) is 0 Å². The second kappa shape index (κ2) is 3.95. The Morgan fingerprint density at radius 1 is 1.62 bits per heavy atom. The third kappa shape index (κ3) is 2.66. The van der Waals surface area contributed by atoms with E-state index < -0.39 is 0 Å². The first-order valence-electron chi connectivity index (χ1n) is 5.09. The fourth-order valence-corrected chi connectivity index (χ4v) is 2.32. The highest BCUT2D eigenvalue weighted by Crippen LogP contribution is 2.31. The van der Waals surface area contributed by atoms with Gasteiger partial charge >= 0.3 is 0 Å². The van der Waals surface area contributed by atoms with Gasteiger partial charge in [0.05, 0.1) is 6.10 Å². The molecule has 1 saturated heterocycles. The van der Waals surface area contributed by atoms with Crippen molar-refractivity contribution in [2.45, 2.75) is 38.8 Å². The van der Waals surface area contributed by atoms with E-state index in [-0.39, 0.29) is 11.6 Å². The molecule has 0 saturated carbocycles. The normalized spacial score (nSPS) is 30.7. The number of aliphatic hydroxyl groups is 1. The summed E-state index contributed by atoms with van der Waals surface area (Å²) in [5, 5.41) is 9.47. The van der Waals surface area contributed by atoms with E-state index in [2.05, 4.69) is 25.7 Å². The van der Waals surface area contributed by atoms with Crippen molar-refractivity contribution < 1.29 is 5.11 Å². The molecule has 0 bridgehead atoms. The molecule has 1 heterocycles. The minimum atomic E-state index is -0.371. The molecule has 1 rings (SSSR count). The molecule has 1 aliphatic heterocycles. The molecule has 0 aromatic carbocycles. The minimum Gasteiger partial charge on any atom is -0.390 e. The van der Waals surface area contributed by atoms with E-state index in [1.807, 2.05) is 0 Å². The molecular formula is C10H22N2O. The van der Waals surface area contributed by atoms with Crippen LogP contribution in [0.1, 0.15) is 27.2 Å². The van der Waals surface area contributed by atoms with Gasteiger partial charge in [-0.1, -0.05) is 6.92 Å². The Balaban J connectivity index is 2.50. The summed E-state index contributed by atoms with van der Waals surface area (Å²) in [7, 11) is 0. The maximum absolute atomic E-state index is 9.47. The van der Waals surface area contributed by atoms with E-state index >= 15 is 0 Å². The van der Waals surface area contributed by atoms with Gasteiger partial charge in [-0.05, 0) is 26.2 Å². The lowest BCUT2D eigenvalue weighted by molar-refractivity contribution is 0.0823. The highest BCUT2D eigenvalue weighted by molar-refractivity contribution is 4.92. The van der Waals surface area contributed by atoms with Crippen molar-refractivity contribution in [2.75, 3.05) is 19.6 Å². The van der Waals surface area contributed by atoms with Crippen LogP contribution in [0, 0.1) is 5.92 Å². The molecule has 0 spiro atoms. The lowest BCUT2D eigenvalue weighted by Gasteiger charge is -2.32. The van der Waals surface area contributed by atoms with Crippen LogP contribution >= 0.6 is 0 Å². The Morgan fingerprint density at radius 3 is 2.62 bits per heavy atom. The largest absolute Gasteiger partial charge is 0.390 e. The summed E-state index contributed by atoms with van der Waals surface area (Å²) in [6.07, 6.45) is 0.842. The molecule has 13 heavy (non-hydrogen) atoms. The Hall–Kier alpha value is -0.120. The summed E-state index contributed by atoms with van der Waals surface area (Å²) in [4.78, 5) is 2.34. The molecule has 2 atom stereocenters. The van der Waals surface area contributed by atoms with Crippen LogP contribution in [0.2, 0.25) is 0 Å². The fourth-order valence-electron chi connectivity index (χ4n) is 2.32. The molecule has 1 fully saturated rings. The maximum Gasteiger partial charge on any atom is 0.0789 e. The smallest absolute Gasteiger partial charge is 0.0789 e. The van der Waals surface area contributed by atoms with Crippen LogP contribution in [0.4, 0.5) is 0 Å². The fraction of sp³-hybridized carbons (Fsp3) is 1.00. The van der Waals surface area contributed by atoms with Gasteiger partial charge in [0.25, 0.3) is 0 Å². The standard InChI is InChI=1S/C10H22N2O/c1-8-4-10(2,3)12(6-8)7-9(13)5-11/h8-9,13H,4-7,11H2,1-3H3/t8?,9-/m0/s1. The van der Waals surface area contributed by atoms with Gasteiger partial charge in [0, 0.05) is 25.2 Å². The Kier molecular flexibility index (Phi) is 3.33. The molecule has 0 aromatic rings. The topological polar surface area (TPSA) is 49.5 Å². The number of rotatable bonds is 3. The van der Waals surface area contributed by atoms with Crippen LogP contribution in [0.3, 0.4) is 0 Å². The Bertz CT molecular complexity index is 170. The van der Waals surface area contributed by atoms with E-state index in [0.717, 1.165) is 12.5 Å². The minimum absolute atomic E-state index is 0.232. The predicted octanol–water partition coefficient (Wildman–Crippen LogP) is 0.426. The number of hydrogen-bond donors (Lipinski definition) is 2. The van der Waals surface area contributed by atoms with E-state index in [0.29, 0.717) is 13.1 Å². The number of nitrogens with two attached hydrogens (primary N) is 1. The van der Waals surface area contributed by atoms with E-state index in [4.69, 9.17) is 5.73 Å². The van der Waals surface area contributed by atoms with Crippen molar-refractivity contribution in [2.24, 2.45) is 11.7 Å². The zero-order valence-corrected chi connectivity index (χ0v) is 8.95. The van der Waals surface area contributed by atoms with Gasteiger partial charge < -0.3 is 10.8 Å². The van der Waals surface area contributed by atoms with Crippen molar-refractivity contribution in [1.29, 1.82) is 0 Å². The van der Waals surface area contributed by atoms with Crippen LogP contribution in [-0.4, -0.2) is 41.3 Å². The van der Waals surface area contributed by atoms with Crippen LogP contribution in [0.15, 0.2) is 0 Å². The third-order valence-corrected chi connectivity index (χ3v) is 2.94. The number of β-amino-alcohol motifs (C(OH)–C–C–N with tert-alkyl or cyclic N) is 1. The Labute approximate surface area is 80.9 Å². The number of nitrogens with zero attached hydrogens (tertiary/aromatic N) is 1. The first-order chi connectivity index (χ1) is 5.95. The SMILES string of the molecule is CC1CN(C[C@@H](O)CN)C(C)(C)C1. The molecule has 0 aromatic heterocycles. The molecule has 0 aliphatic carbocycles. The molecule has 3 nitrogen and oxygen atoms in total. The van der Waals surface area contributed by atoms with E-state index in [1.165, 1.54) is 6.42 Å². The van der Waals surface area contributed by atoms with Crippen LogP contribution in [-0.2, 0) is 0 Å².